The van der Waals surface area contributed by atoms with Gasteiger partial charge in [-0.1, -0.05) is 79.1 Å². The second kappa shape index (κ2) is 7.69. The molecule has 1 saturated carbocycles. The number of aliphatic hydroxyl groups excluding tert-OH is 1. The highest BCUT2D eigenvalue weighted by atomic mass is 16.3. The third-order valence-corrected chi connectivity index (χ3v) is 6.58. The summed E-state index contributed by atoms with van der Waals surface area (Å²) in [6, 6.07) is 20.9. The molecule has 1 atom stereocenters. The smallest absolute Gasteiger partial charge is 0.295 e. The van der Waals surface area contributed by atoms with Crippen molar-refractivity contribution in [2.24, 2.45) is 0 Å². The number of amides is 1. The van der Waals surface area contributed by atoms with Crippen LogP contribution in [0.3, 0.4) is 0 Å². The van der Waals surface area contributed by atoms with Crippen LogP contribution in [0.25, 0.3) is 16.5 Å². The normalized spacial score (nSPS) is 21.3. The summed E-state index contributed by atoms with van der Waals surface area (Å²) in [5, 5.41) is 13.3. The van der Waals surface area contributed by atoms with E-state index in [1.54, 1.807) is 4.90 Å². The molecule has 4 nitrogen and oxygen atoms in total. The highest BCUT2D eigenvalue weighted by molar-refractivity contribution is 6.46. The number of hydrogen-bond donors (Lipinski definition) is 1. The molecule has 1 aliphatic carbocycles. The van der Waals surface area contributed by atoms with Crippen molar-refractivity contribution in [1.29, 1.82) is 0 Å². The summed E-state index contributed by atoms with van der Waals surface area (Å²) in [5.41, 5.74) is 2.67. The summed E-state index contributed by atoms with van der Waals surface area (Å²) in [4.78, 5) is 28.1. The number of Topliss-reactive ketones (excluding diaryl/α,β-unsaturated/α-hetero) is 1. The predicted octanol–water partition coefficient (Wildman–Crippen LogP) is 5.51. The molecule has 4 heteroatoms. The van der Waals surface area contributed by atoms with Crippen molar-refractivity contribution in [3.63, 3.8) is 0 Å². The molecule has 1 unspecified atom stereocenters. The molecule has 3 aromatic rings. The third kappa shape index (κ3) is 3.32. The molecule has 1 saturated heterocycles. The molecule has 3 aromatic carbocycles. The van der Waals surface area contributed by atoms with E-state index in [1.807, 2.05) is 73.7 Å². The van der Waals surface area contributed by atoms with Crippen LogP contribution in [0.5, 0.6) is 0 Å². The second-order valence-corrected chi connectivity index (χ2v) is 8.62. The SMILES string of the molecule is Cc1cccc(C2/C(=C(/O)c3ccc4ccccc4c3)C(=O)C(=O)N2C2CCCC2)c1. The lowest BCUT2D eigenvalue weighted by molar-refractivity contribution is -0.141. The first-order valence-electron chi connectivity index (χ1n) is 10.9. The average molecular weight is 412 g/mol. The van der Waals surface area contributed by atoms with Crippen LogP contribution in [-0.2, 0) is 9.59 Å². The molecule has 1 heterocycles. The first kappa shape index (κ1) is 19.6. The minimum Gasteiger partial charge on any atom is -0.507 e. The predicted molar refractivity (Wildman–Crippen MR) is 122 cm³/mol. The zero-order chi connectivity index (χ0) is 21.5. The number of ketones is 1. The van der Waals surface area contributed by atoms with Gasteiger partial charge in [-0.3, -0.25) is 9.59 Å². The van der Waals surface area contributed by atoms with Crippen molar-refractivity contribution in [3.8, 4) is 0 Å². The van der Waals surface area contributed by atoms with Gasteiger partial charge < -0.3 is 10.0 Å². The monoisotopic (exact) mass is 411 g/mol. The van der Waals surface area contributed by atoms with Crippen LogP contribution < -0.4 is 0 Å². The highest BCUT2D eigenvalue weighted by Crippen LogP contribution is 2.43. The molecule has 1 aliphatic heterocycles. The lowest BCUT2D eigenvalue weighted by Gasteiger charge is -2.31. The Labute approximate surface area is 181 Å². The molecule has 31 heavy (non-hydrogen) atoms. The van der Waals surface area contributed by atoms with Gasteiger partial charge in [0.2, 0.25) is 0 Å². The molecule has 1 N–H and O–H groups in total. The number of rotatable bonds is 3. The van der Waals surface area contributed by atoms with Gasteiger partial charge in [-0.15, -0.1) is 0 Å². The Bertz CT molecular complexity index is 1220. The number of nitrogens with zero attached hydrogens (tertiary/aromatic N) is 1. The fourth-order valence-electron chi connectivity index (χ4n) is 5.07. The lowest BCUT2D eigenvalue weighted by atomic mass is 9.93. The minimum absolute atomic E-state index is 0.0314. The number of carbonyl (C=O) groups is 2. The largest absolute Gasteiger partial charge is 0.507 e. The van der Waals surface area contributed by atoms with Crippen LogP contribution in [0.1, 0.15) is 48.4 Å². The van der Waals surface area contributed by atoms with E-state index < -0.39 is 17.7 Å². The molecule has 0 aromatic heterocycles. The van der Waals surface area contributed by atoms with E-state index >= 15 is 0 Å². The number of likely N-dealkylation sites (tertiary alicyclic amines) is 1. The van der Waals surface area contributed by atoms with Crippen LogP contribution in [0.2, 0.25) is 0 Å². The van der Waals surface area contributed by atoms with Gasteiger partial charge in [0.25, 0.3) is 11.7 Å². The molecule has 2 aliphatic rings. The standard InChI is InChI=1S/C27H25NO3/c1-17-7-6-10-20(15-17)24-23(26(30)27(31)28(24)22-11-4-5-12-22)25(29)21-14-13-18-8-2-3-9-19(18)16-21/h2-3,6-10,13-16,22,24,29H,4-5,11-12H2,1H3/b25-23-. The van der Waals surface area contributed by atoms with Crippen molar-refractivity contribution >= 4 is 28.2 Å². The van der Waals surface area contributed by atoms with Gasteiger partial charge in [0, 0.05) is 11.6 Å². The van der Waals surface area contributed by atoms with Crippen LogP contribution in [0, 0.1) is 6.92 Å². The van der Waals surface area contributed by atoms with Crippen molar-refractivity contribution in [3.05, 3.63) is 89.0 Å². The van der Waals surface area contributed by atoms with Gasteiger partial charge in [-0.2, -0.15) is 0 Å². The van der Waals surface area contributed by atoms with Gasteiger partial charge in [0.15, 0.2) is 0 Å². The summed E-state index contributed by atoms with van der Waals surface area (Å²) >= 11 is 0. The molecule has 0 radical (unpaired) electrons. The topological polar surface area (TPSA) is 57.6 Å². The van der Waals surface area contributed by atoms with Crippen LogP contribution in [0.15, 0.2) is 72.3 Å². The summed E-state index contributed by atoms with van der Waals surface area (Å²) in [6.45, 7) is 1.99. The summed E-state index contributed by atoms with van der Waals surface area (Å²) in [5.74, 6) is -1.19. The average Bonchev–Trinajstić information content (AvgIpc) is 3.40. The Hall–Kier alpha value is -3.40. The zero-order valence-electron chi connectivity index (χ0n) is 17.5. The number of carbonyl (C=O) groups excluding carboxylic acids is 2. The Morgan fingerprint density at radius 2 is 1.65 bits per heavy atom. The van der Waals surface area contributed by atoms with Gasteiger partial charge in [-0.25, -0.2) is 0 Å². The summed E-state index contributed by atoms with van der Waals surface area (Å²) in [6.07, 6.45) is 3.90. The maximum Gasteiger partial charge on any atom is 0.295 e. The Morgan fingerprint density at radius 3 is 2.39 bits per heavy atom. The Balaban J connectivity index is 1.69. The molecule has 0 bridgehead atoms. The van der Waals surface area contributed by atoms with Gasteiger partial charge in [0.1, 0.15) is 5.76 Å². The number of fused-ring (bicyclic) bond motifs is 1. The first-order valence-corrected chi connectivity index (χ1v) is 10.9. The molecular formula is C27H25NO3. The minimum atomic E-state index is -0.593. The Kier molecular flexibility index (Phi) is 4.85. The second-order valence-electron chi connectivity index (χ2n) is 8.62. The molecule has 5 rings (SSSR count). The lowest BCUT2D eigenvalue weighted by Crippen LogP contribution is -2.37. The zero-order valence-corrected chi connectivity index (χ0v) is 17.5. The van der Waals surface area contributed by atoms with E-state index in [0.29, 0.717) is 5.56 Å². The highest BCUT2D eigenvalue weighted by Gasteiger charge is 2.49. The van der Waals surface area contributed by atoms with Crippen molar-refractivity contribution in [1.82, 2.24) is 4.90 Å². The number of benzene rings is 3. The summed E-state index contributed by atoms with van der Waals surface area (Å²) < 4.78 is 0. The number of hydrogen-bond acceptors (Lipinski definition) is 3. The maximum atomic E-state index is 13.2. The number of aliphatic hydroxyl groups is 1. The van der Waals surface area contributed by atoms with Crippen LogP contribution >= 0.6 is 0 Å². The fraction of sp³-hybridized carbons (Fsp3) is 0.259. The van der Waals surface area contributed by atoms with E-state index in [9.17, 15) is 14.7 Å². The van der Waals surface area contributed by atoms with Crippen molar-refractivity contribution in [2.45, 2.75) is 44.7 Å². The van der Waals surface area contributed by atoms with E-state index in [4.69, 9.17) is 0 Å². The Morgan fingerprint density at radius 1 is 0.903 bits per heavy atom. The van der Waals surface area contributed by atoms with Crippen molar-refractivity contribution < 1.29 is 14.7 Å². The fourth-order valence-corrected chi connectivity index (χ4v) is 5.07. The van der Waals surface area contributed by atoms with E-state index in [0.717, 1.165) is 47.6 Å². The molecule has 1 amide bonds. The molecule has 2 fully saturated rings. The van der Waals surface area contributed by atoms with E-state index in [2.05, 4.69) is 0 Å². The van der Waals surface area contributed by atoms with E-state index in [1.165, 1.54) is 0 Å². The summed E-state index contributed by atoms with van der Waals surface area (Å²) in [7, 11) is 0. The number of aryl methyl sites for hydroxylation is 1. The van der Waals surface area contributed by atoms with Crippen molar-refractivity contribution in [2.75, 3.05) is 0 Å². The maximum absolute atomic E-state index is 13.2. The third-order valence-electron chi connectivity index (χ3n) is 6.58. The molecular weight excluding hydrogens is 386 g/mol. The molecule has 0 spiro atoms. The van der Waals surface area contributed by atoms with Crippen LogP contribution in [0.4, 0.5) is 0 Å². The van der Waals surface area contributed by atoms with Crippen LogP contribution in [-0.4, -0.2) is 27.7 Å². The quantitative estimate of drug-likeness (QED) is 0.351. The van der Waals surface area contributed by atoms with Gasteiger partial charge >= 0.3 is 0 Å². The van der Waals surface area contributed by atoms with Gasteiger partial charge in [-0.05, 0) is 42.2 Å². The van der Waals surface area contributed by atoms with E-state index in [-0.39, 0.29) is 17.4 Å². The van der Waals surface area contributed by atoms with Gasteiger partial charge in [0.05, 0.1) is 11.6 Å². The first-order chi connectivity index (χ1) is 15.0. The molecule has 156 valence electrons.